The van der Waals surface area contributed by atoms with E-state index >= 15 is 0 Å². The minimum absolute atomic E-state index is 0.00337. The van der Waals surface area contributed by atoms with Crippen molar-refractivity contribution in [2.45, 2.75) is 19.8 Å². The first-order valence-electron chi connectivity index (χ1n) is 5.89. The monoisotopic (exact) mass is 296 g/mol. The molecule has 0 aliphatic rings. The predicted octanol–water partition coefficient (Wildman–Crippen LogP) is 1.74. The van der Waals surface area contributed by atoms with Gasteiger partial charge in [-0.2, -0.15) is 0 Å². The van der Waals surface area contributed by atoms with Crippen molar-refractivity contribution in [1.29, 1.82) is 0 Å². The van der Waals surface area contributed by atoms with E-state index in [2.05, 4.69) is 0 Å². The average Bonchev–Trinajstić information content (AvgIpc) is 2.38. The highest BCUT2D eigenvalue weighted by molar-refractivity contribution is 6.04. The number of esters is 1. The number of nitro groups is 2. The van der Waals surface area contributed by atoms with Crippen molar-refractivity contribution in [1.82, 2.24) is 0 Å². The molecule has 0 bridgehead atoms. The number of rotatable bonds is 6. The maximum atomic E-state index is 11.8. The summed E-state index contributed by atoms with van der Waals surface area (Å²) in [5, 5.41) is 21.7. The standard InChI is InChI=1S/C12H12N2O7/c1-3-21-12(16)11(7(2)15)9-5-4-8(13(17)18)6-10(9)14(19)20/h4-6,11H,3H2,1-2H3/t11-/m1/s1. The number of benzene rings is 1. The van der Waals surface area contributed by atoms with Crippen LogP contribution in [0.5, 0.6) is 0 Å². The Balaban J connectivity index is 3.44. The Morgan fingerprint density at radius 3 is 2.29 bits per heavy atom. The molecule has 0 aliphatic carbocycles. The lowest BCUT2D eigenvalue weighted by Crippen LogP contribution is -2.23. The Hall–Kier alpha value is -2.84. The van der Waals surface area contributed by atoms with Crippen molar-refractivity contribution >= 4 is 23.1 Å². The van der Waals surface area contributed by atoms with Crippen LogP contribution in [0.3, 0.4) is 0 Å². The zero-order valence-corrected chi connectivity index (χ0v) is 11.3. The van der Waals surface area contributed by atoms with Crippen LogP contribution in [-0.4, -0.2) is 28.2 Å². The van der Waals surface area contributed by atoms with E-state index in [1.54, 1.807) is 0 Å². The number of hydrogen-bond acceptors (Lipinski definition) is 7. The molecule has 1 atom stereocenters. The van der Waals surface area contributed by atoms with E-state index in [1.165, 1.54) is 6.92 Å². The number of non-ortho nitro benzene ring substituents is 1. The fourth-order valence-corrected chi connectivity index (χ4v) is 1.79. The SMILES string of the molecule is CCOC(=O)[C@H](C(C)=O)c1ccc([N+](=O)[O-])cc1[N+](=O)[O-]. The summed E-state index contributed by atoms with van der Waals surface area (Å²) in [4.78, 5) is 43.4. The van der Waals surface area contributed by atoms with Gasteiger partial charge in [-0.05, 0) is 19.9 Å². The molecule has 1 aromatic carbocycles. The van der Waals surface area contributed by atoms with Gasteiger partial charge in [-0.15, -0.1) is 0 Å². The van der Waals surface area contributed by atoms with Crippen LogP contribution in [0.15, 0.2) is 18.2 Å². The Kier molecular flexibility index (Phi) is 5.06. The number of Topliss-reactive ketones (excluding diaryl/α,β-unsaturated/α-hetero) is 1. The second kappa shape index (κ2) is 6.55. The number of nitrogens with zero attached hydrogens (tertiary/aromatic N) is 2. The van der Waals surface area contributed by atoms with Crippen LogP contribution >= 0.6 is 0 Å². The molecule has 0 saturated carbocycles. The van der Waals surface area contributed by atoms with Crippen molar-refractivity contribution in [3.63, 3.8) is 0 Å². The quantitative estimate of drug-likeness (QED) is 0.338. The summed E-state index contributed by atoms with van der Waals surface area (Å²) in [6.45, 7) is 2.62. The molecule has 0 spiro atoms. The number of ether oxygens (including phenoxy) is 1. The summed E-state index contributed by atoms with van der Waals surface area (Å²) in [5.74, 6) is -3.06. The highest BCUT2D eigenvalue weighted by Crippen LogP contribution is 2.31. The van der Waals surface area contributed by atoms with Crippen LogP contribution in [0.4, 0.5) is 11.4 Å². The van der Waals surface area contributed by atoms with E-state index in [4.69, 9.17) is 4.74 Å². The molecule has 112 valence electrons. The molecular weight excluding hydrogens is 284 g/mol. The smallest absolute Gasteiger partial charge is 0.321 e. The third kappa shape index (κ3) is 3.59. The Bertz CT molecular complexity index is 612. The molecule has 0 amide bonds. The summed E-state index contributed by atoms with van der Waals surface area (Å²) in [6, 6.07) is 2.74. The van der Waals surface area contributed by atoms with E-state index in [-0.39, 0.29) is 12.2 Å². The van der Waals surface area contributed by atoms with Gasteiger partial charge in [-0.1, -0.05) is 0 Å². The minimum atomic E-state index is -1.48. The summed E-state index contributed by atoms with van der Waals surface area (Å²) in [5.41, 5.74) is -1.40. The summed E-state index contributed by atoms with van der Waals surface area (Å²) >= 11 is 0. The van der Waals surface area contributed by atoms with Crippen LogP contribution < -0.4 is 0 Å². The Labute approximate surface area is 118 Å². The maximum absolute atomic E-state index is 11.8. The van der Waals surface area contributed by atoms with Gasteiger partial charge >= 0.3 is 5.97 Å². The summed E-state index contributed by atoms with van der Waals surface area (Å²) < 4.78 is 4.72. The second-order valence-corrected chi connectivity index (χ2v) is 4.05. The maximum Gasteiger partial charge on any atom is 0.321 e. The van der Waals surface area contributed by atoms with Gasteiger partial charge in [-0.3, -0.25) is 29.8 Å². The average molecular weight is 296 g/mol. The number of ketones is 1. The van der Waals surface area contributed by atoms with E-state index in [1.807, 2.05) is 0 Å². The second-order valence-electron chi connectivity index (χ2n) is 4.05. The Morgan fingerprint density at radius 1 is 1.24 bits per heavy atom. The first kappa shape index (κ1) is 16.2. The Morgan fingerprint density at radius 2 is 1.86 bits per heavy atom. The fraction of sp³-hybridized carbons (Fsp3) is 0.333. The van der Waals surface area contributed by atoms with Gasteiger partial charge in [0.15, 0.2) is 0 Å². The molecule has 0 radical (unpaired) electrons. The lowest BCUT2D eigenvalue weighted by atomic mass is 9.93. The first-order chi connectivity index (χ1) is 9.79. The normalized spacial score (nSPS) is 11.5. The van der Waals surface area contributed by atoms with Crippen LogP contribution in [-0.2, 0) is 14.3 Å². The van der Waals surface area contributed by atoms with Gasteiger partial charge in [0, 0.05) is 6.07 Å². The lowest BCUT2D eigenvalue weighted by Gasteiger charge is -2.12. The largest absolute Gasteiger partial charge is 0.465 e. The summed E-state index contributed by atoms with van der Waals surface area (Å²) in [6.07, 6.45) is 0. The molecule has 0 heterocycles. The van der Waals surface area contributed by atoms with Gasteiger partial charge in [0.05, 0.1) is 28.1 Å². The molecule has 0 fully saturated rings. The first-order valence-corrected chi connectivity index (χ1v) is 5.89. The van der Waals surface area contributed by atoms with Crippen molar-refractivity contribution in [2.75, 3.05) is 6.61 Å². The molecule has 0 aromatic heterocycles. The van der Waals surface area contributed by atoms with Gasteiger partial charge in [0.1, 0.15) is 11.7 Å². The molecule has 9 nitrogen and oxygen atoms in total. The molecular formula is C12H12N2O7. The van der Waals surface area contributed by atoms with E-state index < -0.39 is 38.9 Å². The summed E-state index contributed by atoms with van der Waals surface area (Å²) in [7, 11) is 0. The third-order valence-corrected chi connectivity index (χ3v) is 2.66. The van der Waals surface area contributed by atoms with Crippen LogP contribution in [0.1, 0.15) is 25.3 Å². The van der Waals surface area contributed by atoms with Crippen molar-refractivity contribution < 1.29 is 24.2 Å². The van der Waals surface area contributed by atoms with Gasteiger partial charge in [0.25, 0.3) is 11.4 Å². The molecule has 21 heavy (non-hydrogen) atoms. The van der Waals surface area contributed by atoms with E-state index in [0.29, 0.717) is 6.07 Å². The fourth-order valence-electron chi connectivity index (χ4n) is 1.79. The van der Waals surface area contributed by atoms with Gasteiger partial charge in [-0.25, -0.2) is 0 Å². The highest BCUT2D eigenvalue weighted by Gasteiger charge is 2.34. The highest BCUT2D eigenvalue weighted by atomic mass is 16.6. The van der Waals surface area contributed by atoms with Crippen molar-refractivity contribution in [3.05, 3.63) is 44.0 Å². The minimum Gasteiger partial charge on any atom is -0.465 e. The van der Waals surface area contributed by atoms with Crippen LogP contribution in [0, 0.1) is 20.2 Å². The number of carbonyl (C=O) groups excluding carboxylic acids is 2. The molecule has 0 unspecified atom stereocenters. The molecule has 1 rings (SSSR count). The topological polar surface area (TPSA) is 130 Å². The number of nitro benzene ring substituents is 2. The molecule has 1 aromatic rings. The van der Waals surface area contributed by atoms with Crippen molar-refractivity contribution in [3.8, 4) is 0 Å². The molecule has 9 heteroatoms. The van der Waals surface area contributed by atoms with E-state index in [0.717, 1.165) is 19.1 Å². The third-order valence-electron chi connectivity index (χ3n) is 2.66. The lowest BCUT2D eigenvalue weighted by molar-refractivity contribution is -0.394. The molecule has 0 aliphatic heterocycles. The van der Waals surface area contributed by atoms with E-state index in [9.17, 15) is 29.8 Å². The number of carbonyl (C=O) groups is 2. The van der Waals surface area contributed by atoms with Gasteiger partial charge in [0.2, 0.25) is 0 Å². The van der Waals surface area contributed by atoms with Gasteiger partial charge < -0.3 is 4.74 Å². The van der Waals surface area contributed by atoms with Crippen LogP contribution in [0.2, 0.25) is 0 Å². The van der Waals surface area contributed by atoms with Crippen LogP contribution in [0.25, 0.3) is 0 Å². The predicted molar refractivity (Wildman–Crippen MR) is 69.8 cm³/mol. The number of hydrogen-bond donors (Lipinski definition) is 0. The molecule has 0 N–H and O–H groups in total. The molecule has 0 saturated heterocycles. The zero-order valence-electron chi connectivity index (χ0n) is 11.3. The zero-order chi connectivity index (χ0) is 16.2. The van der Waals surface area contributed by atoms with Crippen molar-refractivity contribution in [2.24, 2.45) is 0 Å².